The monoisotopic (exact) mass is 1300 g/mol. The highest BCUT2D eigenvalue weighted by Crippen LogP contribution is 2.45. The van der Waals surface area contributed by atoms with Gasteiger partial charge < -0.3 is 10.6 Å². The lowest BCUT2D eigenvalue weighted by atomic mass is 10.1. The van der Waals surface area contributed by atoms with E-state index in [0.29, 0.717) is 17.7 Å². The molecule has 87 heavy (non-hydrogen) atoms. The van der Waals surface area contributed by atoms with Crippen molar-refractivity contribution in [3.05, 3.63) is 61.0 Å². The summed E-state index contributed by atoms with van der Waals surface area (Å²) < 4.78 is 0. The lowest BCUT2D eigenvalue weighted by molar-refractivity contribution is 0.603. The van der Waals surface area contributed by atoms with Gasteiger partial charge in [0.25, 0.3) is 0 Å². The first-order chi connectivity index (χ1) is 42.9. The van der Waals surface area contributed by atoms with Crippen molar-refractivity contribution in [3.8, 4) is 11.4 Å². The van der Waals surface area contributed by atoms with Crippen molar-refractivity contribution in [1.82, 2.24) is 15.0 Å². The van der Waals surface area contributed by atoms with Crippen LogP contribution in [0.5, 0.6) is 0 Å². The largest absolute Gasteiger partial charge is 0.324 e. The second kappa shape index (κ2) is 53.8. The van der Waals surface area contributed by atoms with Crippen molar-refractivity contribution in [2.24, 2.45) is 0 Å². The van der Waals surface area contributed by atoms with Crippen LogP contribution in [0.2, 0.25) is 0 Å². The lowest BCUT2D eigenvalue weighted by Crippen LogP contribution is -2.06. The van der Waals surface area contributed by atoms with Crippen LogP contribution in [0, 0.1) is 6.92 Å². The highest BCUT2D eigenvalue weighted by atomic mass is 32.2. The summed E-state index contributed by atoms with van der Waals surface area (Å²) >= 11 is 12.6. The Hall–Kier alpha value is -1.63. The summed E-state index contributed by atoms with van der Waals surface area (Å²) in [4.78, 5) is 24.4. The molecule has 0 unspecified atom stereocenters. The maximum absolute atomic E-state index is 5.30. The van der Waals surface area contributed by atoms with E-state index in [1.54, 1.807) is 0 Å². The van der Waals surface area contributed by atoms with Crippen LogP contribution < -0.4 is 10.6 Å². The third-order valence-electron chi connectivity index (χ3n) is 16.4. The Morgan fingerprint density at radius 2 is 0.517 bits per heavy atom. The van der Waals surface area contributed by atoms with Gasteiger partial charge in [-0.25, -0.2) is 0 Å². The van der Waals surface area contributed by atoms with Gasteiger partial charge in [-0.3, -0.25) is 0 Å². The van der Waals surface area contributed by atoms with Gasteiger partial charge in [-0.2, -0.15) is 15.0 Å². The summed E-state index contributed by atoms with van der Waals surface area (Å²) in [5.74, 6) is 8.72. The lowest BCUT2D eigenvalue weighted by Gasteiger charge is -2.19. The minimum atomic E-state index is 0.569. The highest BCUT2D eigenvalue weighted by molar-refractivity contribution is 8.04. The van der Waals surface area contributed by atoms with Crippen LogP contribution in [-0.2, 0) is 0 Å². The first-order valence-electron chi connectivity index (χ1n) is 36.3. The summed E-state index contributed by atoms with van der Waals surface area (Å²) in [6.45, 7) is 18.1. The summed E-state index contributed by atoms with van der Waals surface area (Å²) in [6, 6.07) is 18.1. The fourth-order valence-electron chi connectivity index (χ4n) is 11.0. The number of benzene rings is 3. The molecule has 0 aliphatic rings. The predicted octanol–water partition coefficient (Wildman–Crippen LogP) is 28.3. The zero-order valence-electron chi connectivity index (χ0n) is 56.6. The Kier molecular flexibility index (Phi) is 48.2. The molecule has 0 fully saturated rings. The van der Waals surface area contributed by atoms with Crippen LogP contribution in [0.4, 0.5) is 23.3 Å². The van der Waals surface area contributed by atoms with Crippen molar-refractivity contribution in [2.45, 2.75) is 341 Å². The van der Waals surface area contributed by atoms with E-state index in [9.17, 15) is 0 Å². The molecule has 2 N–H and O–H groups in total. The zero-order valence-corrected chi connectivity index (χ0v) is 61.5. The fourth-order valence-corrected chi connectivity index (χ4v) is 18.5. The third kappa shape index (κ3) is 37.0. The van der Waals surface area contributed by atoms with Crippen molar-refractivity contribution in [2.75, 3.05) is 45.2 Å². The normalized spacial score (nSPS) is 11.6. The molecule has 0 amide bonds. The van der Waals surface area contributed by atoms with Crippen LogP contribution >= 0.6 is 70.6 Å². The molecule has 1 heterocycles. The van der Waals surface area contributed by atoms with E-state index >= 15 is 0 Å². The molecule has 0 saturated heterocycles. The van der Waals surface area contributed by atoms with E-state index in [1.165, 1.54) is 311 Å². The Labute approximate surface area is 562 Å². The van der Waals surface area contributed by atoms with Crippen LogP contribution in [0.15, 0.2) is 77.9 Å². The van der Waals surface area contributed by atoms with Crippen molar-refractivity contribution in [3.63, 3.8) is 0 Å². The molecule has 4 rings (SSSR count). The summed E-state index contributed by atoms with van der Waals surface area (Å²) in [7, 11) is 0. The molecule has 0 atom stereocenters. The standard InChI is InChI=1S/C76H126N5S6/c1-8-14-20-26-32-38-44-54-82-68-60-66(61-69(83-55-45-39-33-27-21-15-9-2)72(68)86-58-48-42-36-30-24-18-12-5)77-75-79-74(65-52-50-64(7)51-53-65)80-76(81-75)78-67-62-70(84-56-46-40-34-28-22-16-10-3)73(87-59-49-43-37-31-25-19-13-6)71(63-67)85-57-47-41-35-29-23-17-11-4/h50-53,60-63H,7-49,54-59H2,1-6H3,(H2,77,78,79,80,81). The molecule has 4 aromatic rings. The molecule has 0 aliphatic carbocycles. The Bertz CT molecular complexity index is 2060. The van der Waals surface area contributed by atoms with E-state index in [1.807, 2.05) is 0 Å². The van der Waals surface area contributed by atoms with Gasteiger partial charge in [0.1, 0.15) is 0 Å². The van der Waals surface area contributed by atoms with Gasteiger partial charge in [0.05, 0.1) is 0 Å². The quantitative estimate of drug-likeness (QED) is 0.0328. The molecule has 11 heteroatoms. The van der Waals surface area contributed by atoms with Gasteiger partial charge in [-0.05, 0) is 110 Å². The van der Waals surface area contributed by atoms with Crippen LogP contribution in [0.1, 0.15) is 317 Å². The first kappa shape index (κ1) is 77.8. The molecule has 1 aromatic heterocycles. The average molecular weight is 1300 g/mol. The first-order valence-corrected chi connectivity index (χ1v) is 42.2. The Morgan fingerprint density at radius 3 is 0.770 bits per heavy atom. The maximum atomic E-state index is 5.30. The average Bonchev–Trinajstić information content (AvgIpc) is 1.87. The number of thioether (sulfide) groups is 6. The van der Waals surface area contributed by atoms with E-state index in [-0.39, 0.29) is 0 Å². The van der Waals surface area contributed by atoms with Crippen molar-refractivity contribution < 1.29 is 0 Å². The number of hydrogen-bond donors (Lipinski definition) is 2. The van der Waals surface area contributed by atoms with Gasteiger partial charge >= 0.3 is 0 Å². The third-order valence-corrected chi connectivity index (χ3v) is 23.9. The van der Waals surface area contributed by atoms with Gasteiger partial charge in [-0.15, -0.1) is 70.6 Å². The molecule has 0 spiro atoms. The van der Waals surface area contributed by atoms with Gasteiger partial charge in [0.15, 0.2) is 5.82 Å². The minimum absolute atomic E-state index is 0.569. The molecule has 0 saturated carbocycles. The fraction of sp³-hybridized carbons (Fsp3) is 0.711. The topological polar surface area (TPSA) is 62.7 Å². The van der Waals surface area contributed by atoms with Crippen LogP contribution in [0.25, 0.3) is 11.4 Å². The molecular formula is C76H126N5S6. The highest BCUT2D eigenvalue weighted by Gasteiger charge is 2.19. The molecule has 5 nitrogen and oxygen atoms in total. The summed E-state index contributed by atoms with van der Waals surface area (Å²) in [6.07, 6.45) is 56.0. The van der Waals surface area contributed by atoms with E-state index in [0.717, 1.165) is 45.5 Å². The SMILES string of the molecule is [CH2]c1ccc(-c2nc(Nc3cc(SCCCCCCCCC)c(SCCCCCCCCC)c(SCCCCCCCCC)c3)nc(Nc3cc(SCCCCCCCCC)c(SCCCCCCCCC)c(SCCCCCCCCC)c3)n2)cc1. The maximum Gasteiger partial charge on any atom is 0.232 e. The number of nitrogens with one attached hydrogen (secondary N) is 2. The van der Waals surface area contributed by atoms with Gasteiger partial charge in [0, 0.05) is 46.3 Å². The number of rotatable bonds is 59. The Morgan fingerprint density at radius 1 is 0.287 bits per heavy atom. The van der Waals surface area contributed by atoms with E-state index in [2.05, 4.69) is 178 Å². The number of nitrogens with zero attached hydrogens (tertiary/aromatic N) is 3. The van der Waals surface area contributed by atoms with Crippen LogP contribution in [-0.4, -0.2) is 49.5 Å². The molecule has 1 radical (unpaired) electrons. The summed E-state index contributed by atoms with van der Waals surface area (Å²) in [5, 5.41) is 7.70. The van der Waals surface area contributed by atoms with Crippen LogP contribution in [0.3, 0.4) is 0 Å². The summed E-state index contributed by atoms with van der Waals surface area (Å²) in [5.41, 5.74) is 4.06. The predicted molar refractivity (Wildman–Crippen MR) is 401 cm³/mol. The second-order valence-corrected chi connectivity index (χ2v) is 31.4. The molecule has 491 valence electrons. The van der Waals surface area contributed by atoms with Crippen molar-refractivity contribution >= 4 is 93.8 Å². The minimum Gasteiger partial charge on any atom is -0.324 e. The van der Waals surface area contributed by atoms with Crippen molar-refractivity contribution in [1.29, 1.82) is 0 Å². The number of unbranched alkanes of at least 4 members (excludes halogenated alkanes) is 36. The smallest absolute Gasteiger partial charge is 0.232 e. The molecular weight excluding hydrogens is 1180 g/mol. The number of hydrogen-bond acceptors (Lipinski definition) is 11. The van der Waals surface area contributed by atoms with E-state index in [4.69, 9.17) is 15.0 Å². The molecule has 0 aliphatic heterocycles. The Balaban J connectivity index is 1.75. The molecule has 3 aromatic carbocycles. The van der Waals surface area contributed by atoms with Gasteiger partial charge in [0.2, 0.25) is 11.9 Å². The number of anilines is 4. The molecule has 0 bridgehead atoms. The second-order valence-electron chi connectivity index (χ2n) is 24.7. The zero-order chi connectivity index (χ0) is 61.9. The number of aromatic nitrogens is 3. The van der Waals surface area contributed by atoms with E-state index < -0.39 is 0 Å². The van der Waals surface area contributed by atoms with Gasteiger partial charge in [-0.1, -0.05) is 297 Å².